The van der Waals surface area contributed by atoms with Gasteiger partial charge in [-0.05, 0) is 30.3 Å². The van der Waals surface area contributed by atoms with Crippen molar-refractivity contribution >= 4 is 21.6 Å². The Morgan fingerprint density at radius 2 is 1.57 bits per heavy atom. The normalized spacial score (nSPS) is 14.6. The van der Waals surface area contributed by atoms with Crippen LogP contribution >= 0.6 is 0 Å². The first-order valence-corrected chi connectivity index (χ1v) is 11.5. The van der Waals surface area contributed by atoms with Gasteiger partial charge in [-0.25, -0.2) is 18.4 Å². The molecule has 0 aliphatic carbocycles. The number of aromatic nitrogens is 2. The van der Waals surface area contributed by atoms with Crippen molar-refractivity contribution in [2.45, 2.75) is 4.90 Å². The van der Waals surface area contributed by atoms with Gasteiger partial charge in [0.05, 0.1) is 4.90 Å². The van der Waals surface area contributed by atoms with E-state index in [1.54, 1.807) is 23.2 Å². The summed E-state index contributed by atoms with van der Waals surface area (Å²) in [4.78, 5) is 26.0. The van der Waals surface area contributed by atoms with Crippen LogP contribution in [0, 0.1) is 0 Å². The van der Waals surface area contributed by atoms with Crippen molar-refractivity contribution < 1.29 is 13.2 Å². The van der Waals surface area contributed by atoms with E-state index in [0.29, 0.717) is 37.6 Å². The number of piperazine rings is 1. The quantitative estimate of drug-likeness (QED) is 0.642. The molecular weight excluding hydrogens is 400 g/mol. The van der Waals surface area contributed by atoms with Crippen molar-refractivity contribution in [1.82, 2.24) is 14.9 Å². The van der Waals surface area contributed by atoms with Crippen molar-refractivity contribution in [3.63, 3.8) is 0 Å². The summed E-state index contributed by atoms with van der Waals surface area (Å²) in [6.07, 6.45) is 2.91. The zero-order chi connectivity index (χ0) is 21.1. The molecule has 1 amide bonds. The van der Waals surface area contributed by atoms with Gasteiger partial charge in [0.2, 0.25) is 0 Å². The highest BCUT2D eigenvalue weighted by atomic mass is 32.2. The number of rotatable bonds is 4. The van der Waals surface area contributed by atoms with Crippen molar-refractivity contribution in [3.05, 3.63) is 72.4 Å². The van der Waals surface area contributed by atoms with Gasteiger partial charge < -0.3 is 9.80 Å². The van der Waals surface area contributed by atoms with Crippen molar-refractivity contribution in [1.29, 1.82) is 0 Å². The first-order valence-electron chi connectivity index (χ1n) is 9.65. The smallest absolute Gasteiger partial charge is 0.253 e. The van der Waals surface area contributed by atoms with Gasteiger partial charge in [-0.15, -0.1) is 0 Å². The minimum Gasteiger partial charge on any atom is -0.353 e. The molecule has 0 N–H and O–H groups in total. The topological polar surface area (TPSA) is 83.5 Å². The van der Waals surface area contributed by atoms with E-state index in [4.69, 9.17) is 0 Å². The highest BCUT2D eigenvalue weighted by Crippen LogP contribution is 2.20. The molecule has 30 heavy (non-hydrogen) atoms. The molecule has 4 rings (SSSR count). The molecule has 2 aromatic carbocycles. The second-order valence-corrected chi connectivity index (χ2v) is 9.20. The van der Waals surface area contributed by atoms with Crippen LogP contribution in [0.3, 0.4) is 0 Å². The van der Waals surface area contributed by atoms with Crippen molar-refractivity contribution in [2.24, 2.45) is 0 Å². The average molecular weight is 423 g/mol. The van der Waals surface area contributed by atoms with Crippen LogP contribution in [0.25, 0.3) is 11.4 Å². The molecule has 8 heteroatoms. The summed E-state index contributed by atoms with van der Waals surface area (Å²) in [5, 5.41) is 0. The van der Waals surface area contributed by atoms with E-state index in [0.717, 1.165) is 17.6 Å². The van der Waals surface area contributed by atoms with Crippen LogP contribution in [0.15, 0.2) is 71.8 Å². The van der Waals surface area contributed by atoms with Crippen LogP contribution in [0.5, 0.6) is 0 Å². The first-order chi connectivity index (χ1) is 14.4. The van der Waals surface area contributed by atoms with E-state index in [2.05, 4.69) is 14.9 Å². The summed E-state index contributed by atoms with van der Waals surface area (Å²) in [5.41, 5.74) is 1.45. The van der Waals surface area contributed by atoms with Gasteiger partial charge in [-0.2, -0.15) is 0 Å². The summed E-state index contributed by atoms with van der Waals surface area (Å²) in [6, 6.07) is 17.8. The fourth-order valence-electron chi connectivity index (χ4n) is 3.42. The molecule has 3 aromatic rings. The second-order valence-electron chi connectivity index (χ2n) is 7.18. The molecule has 2 heterocycles. The van der Waals surface area contributed by atoms with Crippen LogP contribution in [-0.4, -0.2) is 61.6 Å². The third-order valence-corrected chi connectivity index (χ3v) is 6.22. The number of sulfone groups is 1. The van der Waals surface area contributed by atoms with E-state index in [1.165, 1.54) is 12.1 Å². The number of amides is 1. The van der Waals surface area contributed by atoms with Gasteiger partial charge in [-0.1, -0.05) is 30.3 Å². The lowest BCUT2D eigenvalue weighted by Gasteiger charge is -2.35. The Labute approximate surface area is 175 Å². The molecule has 1 saturated heterocycles. The largest absolute Gasteiger partial charge is 0.353 e. The molecule has 0 bridgehead atoms. The van der Waals surface area contributed by atoms with Crippen LogP contribution in [0.1, 0.15) is 10.4 Å². The third-order valence-electron chi connectivity index (χ3n) is 5.09. The first kappa shape index (κ1) is 20.0. The number of carbonyl (C=O) groups is 1. The van der Waals surface area contributed by atoms with Gasteiger partial charge in [0, 0.05) is 49.8 Å². The predicted octanol–water partition coefficient (Wildman–Crippen LogP) is 2.51. The van der Waals surface area contributed by atoms with E-state index >= 15 is 0 Å². The lowest BCUT2D eigenvalue weighted by atomic mass is 10.2. The standard InChI is InChI=1S/C22H22N4O3S/c1-30(28,29)19-9-7-18(8-10-19)22(27)26-15-13-25(14-16-26)20-11-12-23-21(24-20)17-5-3-2-4-6-17/h2-12H,13-16H2,1H3. The fraction of sp³-hybridized carbons (Fsp3) is 0.227. The lowest BCUT2D eigenvalue weighted by Crippen LogP contribution is -2.49. The van der Waals surface area contributed by atoms with E-state index in [1.807, 2.05) is 36.4 Å². The summed E-state index contributed by atoms with van der Waals surface area (Å²) >= 11 is 0. The number of benzene rings is 2. The highest BCUT2D eigenvalue weighted by molar-refractivity contribution is 7.90. The number of hydrogen-bond acceptors (Lipinski definition) is 6. The number of carbonyl (C=O) groups excluding carboxylic acids is 1. The predicted molar refractivity (Wildman–Crippen MR) is 115 cm³/mol. The van der Waals surface area contributed by atoms with Crippen molar-refractivity contribution in [3.8, 4) is 11.4 Å². The lowest BCUT2D eigenvalue weighted by molar-refractivity contribution is 0.0746. The van der Waals surface area contributed by atoms with Crippen LogP contribution in [-0.2, 0) is 9.84 Å². The van der Waals surface area contributed by atoms with Crippen LogP contribution in [0.2, 0.25) is 0 Å². The number of nitrogens with zero attached hydrogens (tertiary/aromatic N) is 4. The Bertz CT molecular complexity index is 1140. The van der Waals surface area contributed by atoms with Crippen molar-refractivity contribution in [2.75, 3.05) is 37.3 Å². The molecule has 0 unspecified atom stereocenters. The Morgan fingerprint density at radius 1 is 0.900 bits per heavy atom. The van der Waals surface area contributed by atoms with Crippen LogP contribution in [0.4, 0.5) is 5.82 Å². The minimum atomic E-state index is -3.28. The van der Waals surface area contributed by atoms with E-state index in [9.17, 15) is 13.2 Å². The zero-order valence-electron chi connectivity index (χ0n) is 16.6. The van der Waals surface area contributed by atoms with Gasteiger partial charge in [0.15, 0.2) is 15.7 Å². The van der Waals surface area contributed by atoms with Gasteiger partial charge in [-0.3, -0.25) is 4.79 Å². The second kappa shape index (κ2) is 8.23. The molecule has 7 nitrogen and oxygen atoms in total. The molecule has 1 aliphatic rings. The summed E-state index contributed by atoms with van der Waals surface area (Å²) in [5.74, 6) is 1.42. The maximum Gasteiger partial charge on any atom is 0.253 e. The number of anilines is 1. The number of hydrogen-bond donors (Lipinski definition) is 0. The molecule has 0 radical (unpaired) electrons. The molecule has 1 aliphatic heterocycles. The Morgan fingerprint density at radius 3 is 2.20 bits per heavy atom. The van der Waals surface area contributed by atoms with Gasteiger partial charge in [0.25, 0.3) is 5.91 Å². The summed E-state index contributed by atoms with van der Waals surface area (Å²) < 4.78 is 23.2. The summed E-state index contributed by atoms with van der Waals surface area (Å²) in [6.45, 7) is 2.46. The van der Waals surface area contributed by atoms with E-state index in [-0.39, 0.29) is 10.8 Å². The SMILES string of the molecule is CS(=O)(=O)c1ccc(C(=O)N2CCN(c3ccnc(-c4ccccc4)n3)CC2)cc1. The minimum absolute atomic E-state index is 0.0950. The maximum absolute atomic E-state index is 12.8. The van der Waals surface area contributed by atoms with E-state index < -0.39 is 9.84 Å². The monoisotopic (exact) mass is 422 g/mol. The average Bonchev–Trinajstić information content (AvgIpc) is 2.79. The molecule has 0 saturated carbocycles. The Hall–Kier alpha value is -3.26. The van der Waals surface area contributed by atoms with Crippen LogP contribution < -0.4 is 4.90 Å². The third kappa shape index (κ3) is 4.33. The molecule has 0 spiro atoms. The molecule has 1 fully saturated rings. The van der Waals surface area contributed by atoms with Gasteiger partial charge in [0.1, 0.15) is 5.82 Å². The molecule has 1 aromatic heterocycles. The maximum atomic E-state index is 12.8. The molecule has 154 valence electrons. The Kier molecular flexibility index (Phi) is 5.50. The van der Waals surface area contributed by atoms with Gasteiger partial charge >= 0.3 is 0 Å². The highest BCUT2D eigenvalue weighted by Gasteiger charge is 2.23. The summed E-state index contributed by atoms with van der Waals surface area (Å²) in [7, 11) is -3.28. The fourth-order valence-corrected chi connectivity index (χ4v) is 4.05. The molecule has 0 atom stereocenters. The Balaban J connectivity index is 1.42. The zero-order valence-corrected chi connectivity index (χ0v) is 17.4. The molecular formula is C22H22N4O3S.